The van der Waals surface area contributed by atoms with E-state index in [9.17, 15) is 5.11 Å². The quantitative estimate of drug-likeness (QED) is 0.876. The lowest BCUT2D eigenvalue weighted by molar-refractivity contribution is 0.291. The molecule has 0 aliphatic rings. The van der Waals surface area contributed by atoms with Crippen molar-refractivity contribution in [2.75, 3.05) is 6.61 Å². The maximum absolute atomic E-state index is 9.29. The fourth-order valence-electron chi connectivity index (χ4n) is 1.49. The topological polar surface area (TPSA) is 55.5 Å². The van der Waals surface area contributed by atoms with Gasteiger partial charge in [-0.1, -0.05) is 6.07 Å². The normalized spacial score (nSPS) is 12.4. The van der Waals surface area contributed by atoms with Crippen LogP contribution in [0, 0.1) is 6.92 Å². The number of hydrogen-bond donors (Lipinski definition) is 2. The highest BCUT2D eigenvalue weighted by atomic mass is 32.1. The first-order valence-electron chi connectivity index (χ1n) is 5.39. The van der Waals surface area contributed by atoms with Gasteiger partial charge in [0.25, 0.3) is 0 Å². The van der Waals surface area contributed by atoms with Crippen LogP contribution in [0.25, 0.3) is 0 Å². The molecule has 0 saturated heterocycles. The standard InChI is InChI=1S/C13H15NO2S/c1-9-5-6-13(17-9)12(14)8-16-11-4-2-3-10(15)7-11/h2-7,12,15H,8,14H2,1H3. The highest BCUT2D eigenvalue weighted by molar-refractivity contribution is 7.12. The van der Waals surface area contributed by atoms with E-state index >= 15 is 0 Å². The lowest BCUT2D eigenvalue weighted by Crippen LogP contribution is -2.17. The van der Waals surface area contributed by atoms with Gasteiger partial charge in [-0.25, -0.2) is 0 Å². The van der Waals surface area contributed by atoms with Gasteiger partial charge < -0.3 is 15.6 Å². The predicted octanol–water partition coefficient (Wildman–Crippen LogP) is 2.84. The van der Waals surface area contributed by atoms with Crippen LogP contribution in [0.1, 0.15) is 15.8 Å². The zero-order valence-electron chi connectivity index (χ0n) is 9.59. The molecule has 90 valence electrons. The Morgan fingerprint density at radius 1 is 1.35 bits per heavy atom. The van der Waals surface area contributed by atoms with E-state index in [0.717, 1.165) is 4.88 Å². The second-order valence-electron chi connectivity index (χ2n) is 3.86. The van der Waals surface area contributed by atoms with Crippen LogP contribution >= 0.6 is 11.3 Å². The molecule has 0 bridgehead atoms. The molecule has 0 aliphatic carbocycles. The van der Waals surface area contributed by atoms with Crippen molar-refractivity contribution in [3.05, 3.63) is 46.2 Å². The second kappa shape index (κ2) is 5.21. The van der Waals surface area contributed by atoms with Crippen molar-refractivity contribution in [2.24, 2.45) is 5.73 Å². The Morgan fingerprint density at radius 3 is 2.82 bits per heavy atom. The number of rotatable bonds is 4. The maximum atomic E-state index is 9.29. The number of ether oxygens (including phenoxy) is 1. The number of nitrogens with two attached hydrogens (primary N) is 1. The van der Waals surface area contributed by atoms with E-state index in [1.807, 2.05) is 12.1 Å². The van der Waals surface area contributed by atoms with Crippen LogP contribution in [-0.4, -0.2) is 11.7 Å². The smallest absolute Gasteiger partial charge is 0.123 e. The molecule has 1 atom stereocenters. The zero-order valence-corrected chi connectivity index (χ0v) is 10.4. The van der Waals surface area contributed by atoms with E-state index in [2.05, 4.69) is 6.92 Å². The number of phenols is 1. The Hall–Kier alpha value is -1.52. The average molecular weight is 249 g/mol. The Labute approximate surface area is 104 Å². The minimum absolute atomic E-state index is 0.129. The van der Waals surface area contributed by atoms with Gasteiger partial charge in [0.2, 0.25) is 0 Å². The van der Waals surface area contributed by atoms with Gasteiger partial charge in [-0.15, -0.1) is 11.3 Å². The second-order valence-corrected chi connectivity index (χ2v) is 5.18. The summed E-state index contributed by atoms with van der Waals surface area (Å²) >= 11 is 1.68. The molecular weight excluding hydrogens is 234 g/mol. The predicted molar refractivity (Wildman–Crippen MR) is 69.6 cm³/mol. The molecule has 0 spiro atoms. The van der Waals surface area contributed by atoms with Gasteiger partial charge in [-0.2, -0.15) is 0 Å². The van der Waals surface area contributed by atoms with E-state index < -0.39 is 0 Å². The van der Waals surface area contributed by atoms with Crippen molar-refractivity contribution in [3.8, 4) is 11.5 Å². The van der Waals surface area contributed by atoms with Crippen LogP contribution < -0.4 is 10.5 Å². The number of phenolic OH excluding ortho intramolecular Hbond substituents is 1. The first kappa shape index (κ1) is 12.0. The summed E-state index contributed by atoms with van der Waals surface area (Å²) in [5.41, 5.74) is 6.02. The molecule has 1 aromatic carbocycles. The summed E-state index contributed by atoms with van der Waals surface area (Å²) < 4.78 is 5.53. The van der Waals surface area contributed by atoms with Crippen LogP contribution in [0.15, 0.2) is 36.4 Å². The highest BCUT2D eigenvalue weighted by Gasteiger charge is 2.09. The molecule has 1 unspecified atom stereocenters. The third-order valence-electron chi connectivity index (χ3n) is 2.37. The van der Waals surface area contributed by atoms with E-state index in [1.54, 1.807) is 35.6 Å². The van der Waals surface area contributed by atoms with E-state index in [1.165, 1.54) is 4.88 Å². The average Bonchev–Trinajstić information content (AvgIpc) is 2.73. The number of benzene rings is 1. The van der Waals surface area contributed by atoms with Gasteiger partial charge in [-0.3, -0.25) is 0 Å². The van der Waals surface area contributed by atoms with Gasteiger partial charge in [0.1, 0.15) is 18.1 Å². The molecule has 17 heavy (non-hydrogen) atoms. The molecule has 0 fully saturated rings. The summed E-state index contributed by atoms with van der Waals surface area (Å²) in [6, 6.07) is 10.7. The Morgan fingerprint density at radius 2 is 2.18 bits per heavy atom. The molecule has 1 heterocycles. The molecule has 0 saturated carbocycles. The number of thiophene rings is 1. The largest absolute Gasteiger partial charge is 0.508 e. The van der Waals surface area contributed by atoms with Gasteiger partial charge in [-0.05, 0) is 31.2 Å². The molecule has 4 heteroatoms. The monoisotopic (exact) mass is 249 g/mol. The molecular formula is C13H15NO2S. The van der Waals surface area contributed by atoms with Crippen LogP contribution in [0.2, 0.25) is 0 Å². The minimum Gasteiger partial charge on any atom is -0.508 e. The van der Waals surface area contributed by atoms with Crippen molar-refractivity contribution in [1.29, 1.82) is 0 Å². The first-order chi connectivity index (χ1) is 8.15. The molecule has 0 aliphatic heterocycles. The van der Waals surface area contributed by atoms with Gasteiger partial charge in [0.15, 0.2) is 0 Å². The van der Waals surface area contributed by atoms with E-state index in [4.69, 9.17) is 10.5 Å². The number of aromatic hydroxyl groups is 1. The fraction of sp³-hybridized carbons (Fsp3) is 0.231. The van der Waals surface area contributed by atoms with E-state index in [-0.39, 0.29) is 11.8 Å². The number of hydrogen-bond acceptors (Lipinski definition) is 4. The van der Waals surface area contributed by atoms with Gasteiger partial charge >= 0.3 is 0 Å². The minimum atomic E-state index is -0.129. The summed E-state index contributed by atoms with van der Waals surface area (Å²) in [5, 5.41) is 9.29. The van der Waals surface area contributed by atoms with Crippen molar-refractivity contribution in [1.82, 2.24) is 0 Å². The van der Waals surface area contributed by atoms with Crippen molar-refractivity contribution in [2.45, 2.75) is 13.0 Å². The summed E-state index contributed by atoms with van der Waals surface area (Å²) in [5.74, 6) is 0.830. The maximum Gasteiger partial charge on any atom is 0.123 e. The Balaban J connectivity index is 1.94. The SMILES string of the molecule is Cc1ccc(C(N)COc2cccc(O)c2)s1. The van der Waals surface area contributed by atoms with E-state index in [0.29, 0.717) is 12.4 Å². The van der Waals surface area contributed by atoms with Gasteiger partial charge in [0, 0.05) is 15.8 Å². The summed E-state index contributed by atoms with van der Waals surface area (Å²) in [6.45, 7) is 2.46. The number of aryl methyl sites for hydroxylation is 1. The summed E-state index contributed by atoms with van der Waals surface area (Å²) in [7, 11) is 0. The fourth-order valence-corrected chi connectivity index (χ4v) is 2.36. The lowest BCUT2D eigenvalue weighted by atomic mass is 10.2. The third kappa shape index (κ3) is 3.22. The zero-order chi connectivity index (χ0) is 12.3. The molecule has 2 rings (SSSR count). The van der Waals surface area contributed by atoms with Crippen LogP contribution in [0.3, 0.4) is 0 Å². The van der Waals surface area contributed by atoms with Gasteiger partial charge in [0.05, 0.1) is 6.04 Å². The molecule has 3 N–H and O–H groups in total. The molecule has 0 amide bonds. The lowest BCUT2D eigenvalue weighted by Gasteiger charge is -2.11. The summed E-state index contributed by atoms with van der Waals surface area (Å²) in [4.78, 5) is 2.36. The third-order valence-corrected chi connectivity index (χ3v) is 3.51. The Bertz CT molecular complexity index is 496. The summed E-state index contributed by atoms with van der Waals surface area (Å²) in [6.07, 6.45) is 0. The molecule has 1 aromatic heterocycles. The van der Waals surface area contributed by atoms with Crippen LogP contribution in [-0.2, 0) is 0 Å². The van der Waals surface area contributed by atoms with Crippen LogP contribution in [0.5, 0.6) is 11.5 Å². The molecule has 2 aromatic rings. The molecule has 3 nitrogen and oxygen atoms in total. The first-order valence-corrected chi connectivity index (χ1v) is 6.20. The van der Waals surface area contributed by atoms with Crippen molar-refractivity contribution in [3.63, 3.8) is 0 Å². The Kier molecular flexibility index (Phi) is 3.66. The highest BCUT2D eigenvalue weighted by Crippen LogP contribution is 2.23. The van der Waals surface area contributed by atoms with Crippen molar-refractivity contribution >= 4 is 11.3 Å². The van der Waals surface area contributed by atoms with Crippen LogP contribution in [0.4, 0.5) is 0 Å². The van der Waals surface area contributed by atoms with Crippen molar-refractivity contribution < 1.29 is 9.84 Å². The molecule has 0 radical (unpaired) electrons.